The third-order valence-corrected chi connectivity index (χ3v) is 6.54. The van der Waals surface area contributed by atoms with Gasteiger partial charge in [0.1, 0.15) is 11.8 Å². The smallest absolute Gasteiger partial charge is 0.350 e. The Hall–Kier alpha value is -2.87. The van der Waals surface area contributed by atoms with Crippen LogP contribution in [0.5, 0.6) is 10.8 Å². The molecule has 1 aromatic heterocycles. The second kappa shape index (κ2) is 10.2. The van der Waals surface area contributed by atoms with E-state index in [1.165, 1.54) is 11.3 Å². The first-order valence-electron chi connectivity index (χ1n) is 11.4. The van der Waals surface area contributed by atoms with Gasteiger partial charge in [0.25, 0.3) is 0 Å². The fourth-order valence-electron chi connectivity index (χ4n) is 3.62. The Morgan fingerprint density at radius 1 is 1.19 bits per heavy atom. The van der Waals surface area contributed by atoms with Crippen molar-refractivity contribution in [1.29, 1.82) is 0 Å². The van der Waals surface area contributed by atoms with Crippen molar-refractivity contribution >= 4 is 34.9 Å². The van der Waals surface area contributed by atoms with E-state index in [9.17, 15) is 9.59 Å². The number of thiophene rings is 1. The molecule has 2 aromatic carbocycles. The molecule has 4 rings (SSSR count). The zero-order chi connectivity index (χ0) is 25.0. The lowest BCUT2D eigenvalue weighted by Gasteiger charge is -2.33. The van der Waals surface area contributed by atoms with Crippen molar-refractivity contribution in [1.82, 2.24) is 4.90 Å². The minimum absolute atomic E-state index is 0.228. The molecule has 1 aliphatic heterocycles. The van der Waals surface area contributed by atoms with Crippen LogP contribution < -0.4 is 9.47 Å². The quantitative estimate of drug-likeness (QED) is 0.464. The fourth-order valence-corrected chi connectivity index (χ4v) is 4.89. The highest BCUT2D eigenvalue weighted by atomic mass is 35.5. The van der Waals surface area contributed by atoms with Crippen molar-refractivity contribution in [3.63, 3.8) is 0 Å². The van der Waals surface area contributed by atoms with Crippen molar-refractivity contribution in [3.8, 4) is 10.8 Å². The van der Waals surface area contributed by atoms with Gasteiger partial charge in [0.05, 0.1) is 11.2 Å². The Morgan fingerprint density at radius 3 is 2.75 bits per heavy atom. The Morgan fingerprint density at radius 2 is 1.97 bits per heavy atom. The highest BCUT2D eigenvalue weighted by molar-refractivity contribution is 7.14. The van der Waals surface area contributed by atoms with Gasteiger partial charge in [-0.2, -0.15) is 0 Å². The SMILES string of the molecule is [2H]C([2H])([2H])OC(=O)[C@H](c1ccccc1Cl)N1CCc2sc(OC(=O)COc3ccccc3)cc2C1. The monoisotopic (exact) mass is 474 g/mol. The molecule has 6 nitrogen and oxygen atoms in total. The van der Waals surface area contributed by atoms with E-state index in [0.29, 0.717) is 40.9 Å². The van der Waals surface area contributed by atoms with Crippen LogP contribution in [0.3, 0.4) is 0 Å². The Bertz CT molecular complexity index is 1200. The van der Waals surface area contributed by atoms with Crippen LogP contribution in [-0.4, -0.2) is 37.0 Å². The van der Waals surface area contributed by atoms with Gasteiger partial charge in [-0.1, -0.05) is 48.0 Å². The van der Waals surface area contributed by atoms with Crippen LogP contribution in [-0.2, 0) is 27.3 Å². The van der Waals surface area contributed by atoms with E-state index in [0.717, 1.165) is 10.4 Å². The largest absolute Gasteiger partial charge is 0.482 e. The summed E-state index contributed by atoms with van der Waals surface area (Å²) >= 11 is 7.71. The van der Waals surface area contributed by atoms with E-state index < -0.39 is 25.0 Å². The van der Waals surface area contributed by atoms with Crippen molar-refractivity contribution in [2.24, 2.45) is 0 Å². The minimum Gasteiger partial charge on any atom is -0.482 e. The number of para-hydroxylation sites is 1. The van der Waals surface area contributed by atoms with Gasteiger partial charge < -0.3 is 14.2 Å². The maximum Gasteiger partial charge on any atom is 0.350 e. The molecule has 0 radical (unpaired) electrons. The number of methoxy groups -OCH3 is 1. The minimum atomic E-state index is -2.87. The molecular weight excluding hydrogens is 450 g/mol. The number of benzene rings is 2. The molecule has 0 fully saturated rings. The molecule has 3 aromatic rings. The Balaban J connectivity index is 1.47. The fraction of sp³-hybridized carbons (Fsp3) is 0.250. The van der Waals surface area contributed by atoms with Crippen LogP contribution in [0.15, 0.2) is 60.7 Å². The lowest BCUT2D eigenvalue weighted by molar-refractivity contribution is -0.147. The zero-order valence-electron chi connectivity index (χ0n) is 20.0. The molecule has 0 saturated carbocycles. The average molecular weight is 475 g/mol. The van der Waals surface area contributed by atoms with Crippen LogP contribution in [0.25, 0.3) is 0 Å². The van der Waals surface area contributed by atoms with Gasteiger partial charge >= 0.3 is 11.9 Å². The molecule has 2 heterocycles. The summed E-state index contributed by atoms with van der Waals surface area (Å²) in [6.45, 7) is 0.564. The summed E-state index contributed by atoms with van der Waals surface area (Å²) in [5.74, 6) is -0.860. The predicted octanol–water partition coefficient (Wildman–Crippen LogP) is 4.66. The number of hydrogen-bond donors (Lipinski definition) is 0. The van der Waals surface area contributed by atoms with Gasteiger partial charge in [0.15, 0.2) is 11.7 Å². The van der Waals surface area contributed by atoms with E-state index in [4.69, 9.17) is 29.9 Å². The van der Waals surface area contributed by atoms with Gasteiger partial charge in [-0.15, -0.1) is 11.3 Å². The highest BCUT2D eigenvalue weighted by Crippen LogP contribution is 2.37. The van der Waals surface area contributed by atoms with E-state index in [2.05, 4.69) is 0 Å². The first kappa shape index (κ1) is 18.7. The van der Waals surface area contributed by atoms with Crippen molar-refractivity contribution in [2.45, 2.75) is 19.0 Å². The topological polar surface area (TPSA) is 65.1 Å². The molecule has 0 N–H and O–H groups in total. The average Bonchev–Trinajstić information content (AvgIpc) is 3.20. The number of halogens is 1. The molecule has 0 unspecified atom stereocenters. The Labute approximate surface area is 199 Å². The third kappa shape index (κ3) is 5.12. The van der Waals surface area contributed by atoms with E-state index in [-0.39, 0.29) is 6.61 Å². The summed E-state index contributed by atoms with van der Waals surface area (Å²) in [6.07, 6.45) is 0.583. The molecule has 166 valence electrons. The lowest BCUT2D eigenvalue weighted by atomic mass is 10.0. The number of hydrogen-bond acceptors (Lipinski definition) is 7. The van der Waals surface area contributed by atoms with E-state index in [1.54, 1.807) is 42.5 Å². The normalized spacial score (nSPS) is 16.1. The van der Waals surface area contributed by atoms with Gasteiger partial charge in [-0.25, -0.2) is 9.59 Å². The first-order chi connectivity index (χ1) is 16.7. The lowest BCUT2D eigenvalue weighted by Crippen LogP contribution is -2.38. The molecule has 0 saturated heterocycles. The molecule has 8 heteroatoms. The second-order valence-corrected chi connectivity index (χ2v) is 8.66. The number of fused-ring (bicyclic) bond motifs is 1. The van der Waals surface area contributed by atoms with Crippen molar-refractivity contribution in [2.75, 3.05) is 20.2 Å². The maximum absolute atomic E-state index is 12.9. The van der Waals surface area contributed by atoms with Crippen LogP contribution in [0, 0.1) is 0 Å². The predicted molar refractivity (Wildman–Crippen MR) is 122 cm³/mol. The summed E-state index contributed by atoms with van der Waals surface area (Å²) < 4.78 is 37.7. The van der Waals surface area contributed by atoms with Crippen molar-refractivity contribution in [3.05, 3.63) is 81.7 Å². The van der Waals surface area contributed by atoms with Gasteiger partial charge in [0.2, 0.25) is 0 Å². The summed E-state index contributed by atoms with van der Waals surface area (Å²) in [5, 5.41) is 0.766. The second-order valence-electron chi connectivity index (χ2n) is 7.16. The number of esters is 2. The molecule has 0 spiro atoms. The molecule has 0 aliphatic carbocycles. The van der Waals surface area contributed by atoms with Gasteiger partial charge in [-0.3, -0.25) is 4.90 Å². The van der Waals surface area contributed by atoms with Gasteiger partial charge in [-0.05, 0) is 41.8 Å². The summed E-state index contributed by atoms with van der Waals surface area (Å²) in [4.78, 5) is 28.0. The van der Waals surface area contributed by atoms with Gasteiger partial charge in [0, 0.05) is 23.0 Å². The number of carbonyl (C=O) groups is 2. The molecule has 1 aliphatic rings. The summed E-state index contributed by atoms with van der Waals surface area (Å²) in [5.41, 5.74) is 1.35. The number of rotatable bonds is 7. The highest BCUT2D eigenvalue weighted by Gasteiger charge is 2.33. The number of nitrogens with zero attached hydrogens (tertiary/aromatic N) is 1. The number of carbonyl (C=O) groups excluding carboxylic acids is 2. The first-order valence-corrected chi connectivity index (χ1v) is 11.1. The van der Waals surface area contributed by atoms with Crippen LogP contribution in [0.2, 0.25) is 5.02 Å². The van der Waals surface area contributed by atoms with E-state index >= 15 is 0 Å². The molecule has 0 amide bonds. The summed E-state index contributed by atoms with van der Waals surface area (Å²) in [6, 6.07) is 16.5. The van der Waals surface area contributed by atoms with Crippen LogP contribution >= 0.6 is 22.9 Å². The number of ether oxygens (including phenoxy) is 3. The van der Waals surface area contributed by atoms with Crippen LogP contribution in [0.1, 0.15) is 26.2 Å². The standard InChI is InChI=1S/C24H22ClNO5S/c1-29-24(28)23(18-9-5-6-10-19(18)25)26-12-11-20-16(14-26)13-22(32-20)31-21(27)15-30-17-7-3-2-4-8-17/h2-10,13,23H,11-12,14-15H2,1H3/t23-/m0/s1/i1D3. The van der Waals surface area contributed by atoms with E-state index in [1.807, 2.05) is 23.1 Å². The third-order valence-electron chi connectivity index (χ3n) is 5.08. The molecule has 1 atom stereocenters. The van der Waals surface area contributed by atoms with Crippen molar-refractivity contribution < 1.29 is 27.9 Å². The summed E-state index contributed by atoms with van der Waals surface area (Å²) in [7, 11) is -2.87. The Kier molecular flexibility index (Phi) is 5.93. The van der Waals surface area contributed by atoms with Crippen LogP contribution in [0.4, 0.5) is 0 Å². The molecule has 32 heavy (non-hydrogen) atoms. The molecular formula is C24H22ClNO5S. The zero-order valence-corrected chi connectivity index (χ0v) is 18.5. The maximum atomic E-state index is 12.9. The molecule has 0 bridgehead atoms.